The topological polar surface area (TPSA) is 12.9 Å². The number of rotatable bonds is 1. The fourth-order valence-corrected chi connectivity index (χ4v) is 2.26. The summed E-state index contributed by atoms with van der Waals surface area (Å²) in [7, 11) is 0. The van der Waals surface area contributed by atoms with E-state index in [0.29, 0.717) is 0 Å². The zero-order valence-electron chi connectivity index (χ0n) is 10.6. The number of hydrogen-bond donors (Lipinski definition) is 0. The highest BCUT2D eigenvalue weighted by Gasteiger charge is 2.03. The van der Waals surface area contributed by atoms with Crippen molar-refractivity contribution in [3.63, 3.8) is 0 Å². The van der Waals surface area contributed by atoms with Crippen LogP contribution in [0.25, 0.3) is 22.2 Å². The first-order valence-corrected chi connectivity index (χ1v) is 6.17. The first-order valence-electron chi connectivity index (χ1n) is 6.17. The SMILES string of the molecule is Cc1ccc2nc(-c3ccccc3C)ccc2c1. The van der Waals surface area contributed by atoms with E-state index >= 15 is 0 Å². The summed E-state index contributed by atoms with van der Waals surface area (Å²) in [4.78, 5) is 4.75. The first kappa shape index (κ1) is 11.0. The Kier molecular flexibility index (Phi) is 2.60. The van der Waals surface area contributed by atoms with Gasteiger partial charge in [-0.15, -0.1) is 0 Å². The Hall–Kier alpha value is -2.15. The standard InChI is InChI=1S/C17H15N/c1-12-7-9-16-14(11-12)8-10-17(18-16)15-6-4-3-5-13(15)2/h3-11H,1-2H3. The van der Waals surface area contributed by atoms with Gasteiger partial charge in [0.15, 0.2) is 0 Å². The number of hydrogen-bond acceptors (Lipinski definition) is 1. The number of fused-ring (bicyclic) bond motifs is 1. The maximum Gasteiger partial charge on any atom is 0.0712 e. The molecule has 88 valence electrons. The molecule has 0 aliphatic carbocycles. The second-order valence-corrected chi connectivity index (χ2v) is 4.71. The number of aryl methyl sites for hydroxylation is 2. The summed E-state index contributed by atoms with van der Waals surface area (Å²) in [6.45, 7) is 4.23. The van der Waals surface area contributed by atoms with E-state index in [1.807, 2.05) is 0 Å². The van der Waals surface area contributed by atoms with Gasteiger partial charge in [0.25, 0.3) is 0 Å². The Labute approximate surface area is 107 Å². The lowest BCUT2D eigenvalue weighted by molar-refractivity contribution is 1.35. The zero-order chi connectivity index (χ0) is 12.5. The van der Waals surface area contributed by atoms with Crippen LogP contribution in [0.5, 0.6) is 0 Å². The van der Waals surface area contributed by atoms with E-state index in [1.54, 1.807) is 0 Å². The molecule has 3 rings (SSSR count). The minimum Gasteiger partial charge on any atom is -0.248 e. The van der Waals surface area contributed by atoms with Crippen LogP contribution in [0, 0.1) is 13.8 Å². The van der Waals surface area contributed by atoms with Crippen LogP contribution in [0.3, 0.4) is 0 Å². The fourth-order valence-electron chi connectivity index (χ4n) is 2.26. The monoisotopic (exact) mass is 233 g/mol. The lowest BCUT2D eigenvalue weighted by Gasteiger charge is -2.06. The van der Waals surface area contributed by atoms with Crippen LogP contribution in [0.4, 0.5) is 0 Å². The fraction of sp³-hybridized carbons (Fsp3) is 0.118. The Bertz CT molecular complexity index is 714. The highest BCUT2D eigenvalue weighted by molar-refractivity contribution is 5.82. The molecule has 0 unspecified atom stereocenters. The molecule has 0 spiro atoms. The molecule has 0 aliphatic rings. The van der Waals surface area contributed by atoms with Crippen molar-refractivity contribution in [1.29, 1.82) is 0 Å². The van der Waals surface area contributed by atoms with E-state index < -0.39 is 0 Å². The van der Waals surface area contributed by atoms with Gasteiger partial charge in [-0.1, -0.05) is 42.0 Å². The summed E-state index contributed by atoms with van der Waals surface area (Å²) in [5.74, 6) is 0. The van der Waals surface area contributed by atoms with Gasteiger partial charge < -0.3 is 0 Å². The normalized spacial score (nSPS) is 10.8. The highest BCUT2D eigenvalue weighted by Crippen LogP contribution is 2.24. The molecule has 0 amide bonds. The van der Waals surface area contributed by atoms with Crippen LogP contribution < -0.4 is 0 Å². The van der Waals surface area contributed by atoms with E-state index in [1.165, 1.54) is 22.1 Å². The highest BCUT2D eigenvalue weighted by atomic mass is 14.7. The molecule has 2 aromatic carbocycles. The second kappa shape index (κ2) is 4.26. The maximum atomic E-state index is 4.75. The average Bonchev–Trinajstić information content (AvgIpc) is 2.39. The first-order chi connectivity index (χ1) is 8.74. The molecule has 0 saturated heterocycles. The summed E-state index contributed by atoms with van der Waals surface area (Å²) >= 11 is 0. The van der Waals surface area contributed by atoms with Crippen molar-refractivity contribution < 1.29 is 0 Å². The molecular weight excluding hydrogens is 218 g/mol. The van der Waals surface area contributed by atoms with E-state index in [0.717, 1.165) is 11.2 Å². The quantitative estimate of drug-likeness (QED) is 0.602. The van der Waals surface area contributed by atoms with E-state index in [-0.39, 0.29) is 0 Å². The molecule has 0 bridgehead atoms. The van der Waals surface area contributed by atoms with Gasteiger partial charge in [-0.3, -0.25) is 0 Å². The van der Waals surface area contributed by atoms with Crippen molar-refractivity contribution in [3.05, 3.63) is 65.7 Å². The number of pyridine rings is 1. The molecule has 1 heterocycles. The van der Waals surface area contributed by atoms with Crippen molar-refractivity contribution in [3.8, 4) is 11.3 Å². The molecule has 0 atom stereocenters. The summed E-state index contributed by atoms with van der Waals surface area (Å²) < 4.78 is 0. The van der Waals surface area contributed by atoms with Crippen LogP contribution >= 0.6 is 0 Å². The van der Waals surface area contributed by atoms with Gasteiger partial charge >= 0.3 is 0 Å². The molecule has 0 fully saturated rings. The third-order valence-corrected chi connectivity index (χ3v) is 3.27. The molecule has 1 heteroatoms. The van der Waals surface area contributed by atoms with Gasteiger partial charge in [0, 0.05) is 10.9 Å². The van der Waals surface area contributed by atoms with Crippen molar-refractivity contribution >= 4 is 10.9 Å². The Morgan fingerprint density at radius 3 is 2.50 bits per heavy atom. The van der Waals surface area contributed by atoms with Gasteiger partial charge in [-0.25, -0.2) is 4.98 Å². The van der Waals surface area contributed by atoms with E-state index in [4.69, 9.17) is 4.98 Å². The zero-order valence-corrected chi connectivity index (χ0v) is 10.6. The molecule has 3 aromatic rings. The molecular formula is C17H15N. The molecule has 1 nitrogen and oxygen atoms in total. The lowest BCUT2D eigenvalue weighted by atomic mass is 10.0. The van der Waals surface area contributed by atoms with Crippen LogP contribution in [-0.2, 0) is 0 Å². The largest absolute Gasteiger partial charge is 0.248 e. The number of aromatic nitrogens is 1. The van der Waals surface area contributed by atoms with Crippen LogP contribution in [0.1, 0.15) is 11.1 Å². The van der Waals surface area contributed by atoms with E-state index in [9.17, 15) is 0 Å². The maximum absolute atomic E-state index is 4.75. The van der Waals surface area contributed by atoms with Gasteiger partial charge in [0.2, 0.25) is 0 Å². The van der Waals surface area contributed by atoms with Crippen molar-refractivity contribution in [2.45, 2.75) is 13.8 Å². The number of nitrogens with zero attached hydrogens (tertiary/aromatic N) is 1. The van der Waals surface area contributed by atoms with Crippen LogP contribution in [-0.4, -0.2) is 4.98 Å². The summed E-state index contributed by atoms with van der Waals surface area (Å²) in [5, 5.41) is 1.20. The minimum absolute atomic E-state index is 1.05. The summed E-state index contributed by atoms with van der Waals surface area (Å²) in [6, 6.07) is 19.0. The van der Waals surface area contributed by atoms with Gasteiger partial charge in [-0.05, 0) is 37.6 Å². The molecule has 18 heavy (non-hydrogen) atoms. The molecule has 0 saturated carbocycles. The Morgan fingerprint density at radius 2 is 1.67 bits per heavy atom. The van der Waals surface area contributed by atoms with Crippen molar-refractivity contribution in [1.82, 2.24) is 4.98 Å². The molecule has 0 radical (unpaired) electrons. The molecule has 0 N–H and O–H groups in total. The third-order valence-electron chi connectivity index (χ3n) is 3.27. The Morgan fingerprint density at radius 1 is 0.833 bits per heavy atom. The predicted molar refractivity (Wildman–Crippen MR) is 76.7 cm³/mol. The third kappa shape index (κ3) is 1.88. The van der Waals surface area contributed by atoms with Gasteiger partial charge in [0.1, 0.15) is 0 Å². The van der Waals surface area contributed by atoms with Crippen molar-refractivity contribution in [2.24, 2.45) is 0 Å². The molecule has 1 aromatic heterocycles. The summed E-state index contributed by atoms with van der Waals surface area (Å²) in [6.07, 6.45) is 0. The minimum atomic E-state index is 1.05. The lowest BCUT2D eigenvalue weighted by Crippen LogP contribution is -1.88. The smallest absolute Gasteiger partial charge is 0.0712 e. The van der Waals surface area contributed by atoms with Gasteiger partial charge in [0.05, 0.1) is 11.2 Å². The van der Waals surface area contributed by atoms with Crippen LogP contribution in [0.2, 0.25) is 0 Å². The second-order valence-electron chi connectivity index (χ2n) is 4.71. The summed E-state index contributed by atoms with van der Waals surface area (Å²) in [5.41, 5.74) is 5.84. The van der Waals surface area contributed by atoms with Gasteiger partial charge in [-0.2, -0.15) is 0 Å². The molecule has 0 aliphatic heterocycles. The van der Waals surface area contributed by atoms with Crippen molar-refractivity contribution in [2.75, 3.05) is 0 Å². The average molecular weight is 233 g/mol. The predicted octanol–water partition coefficient (Wildman–Crippen LogP) is 4.52. The Balaban J connectivity index is 2.20. The number of benzene rings is 2. The van der Waals surface area contributed by atoms with Crippen LogP contribution in [0.15, 0.2) is 54.6 Å². The van der Waals surface area contributed by atoms with E-state index in [2.05, 4.69) is 68.4 Å².